The zero-order valence-corrected chi connectivity index (χ0v) is 5.40. The second-order valence-electron chi connectivity index (χ2n) is 2.36. The van der Waals surface area contributed by atoms with E-state index in [1.54, 1.807) is 0 Å². The molecule has 2 aliphatic rings. The molecule has 42 valence electrons. The predicted octanol–water partition coefficient (Wildman–Crippen LogP) is 1.53. The van der Waals surface area contributed by atoms with Crippen LogP contribution < -0.4 is 0 Å². The summed E-state index contributed by atoms with van der Waals surface area (Å²) >= 11 is 0. The number of rotatable bonds is 0. The fourth-order valence-corrected chi connectivity index (χ4v) is 2.10. The van der Waals surface area contributed by atoms with Crippen molar-refractivity contribution in [2.75, 3.05) is 0 Å². The SMILES string of the molecule is C1=CC2C=S=CC1C2. The molecule has 1 aliphatic heterocycles. The summed E-state index contributed by atoms with van der Waals surface area (Å²) in [5, 5.41) is 4.61. The van der Waals surface area contributed by atoms with Crippen LogP contribution in [0.2, 0.25) is 0 Å². The van der Waals surface area contributed by atoms with Gasteiger partial charge >= 0.3 is 0 Å². The minimum atomic E-state index is 0.787. The highest BCUT2D eigenvalue weighted by molar-refractivity contribution is 7.96. The molecule has 8 heavy (non-hydrogen) atoms. The normalized spacial score (nSPS) is 40.0. The van der Waals surface area contributed by atoms with Gasteiger partial charge in [-0.25, -0.2) is 0 Å². The smallest absolute Gasteiger partial charge is 0.00521 e. The zero-order chi connectivity index (χ0) is 5.40. The van der Waals surface area contributed by atoms with Crippen LogP contribution in [0.5, 0.6) is 0 Å². The summed E-state index contributed by atoms with van der Waals surface area (Å²) < 4.78 is 0. The van der Waals surface area contributed by atoms with Crippen LogP contribution in [0.15, 0.2) is 12.2 Å². The Morgan fingerprint density at radius 3 is 2.25 bits per heavy atom. The van der Waals surface area contributed by atoms with Gasteiger partial charge in [0.25, 0.3) is 0 Å². The molecule has 0 aromatic rings. The quantitative estimate of drug-likeness (QED) is 0.339. The number of hydrogen-bond acceptors (Lipinski definition) is 0. The van der Waals surface area contributed by atoms with E-state index in [1.807, 2.05) is 10.9 Å². The van der Waals surface area contributed by atoms with Crippen LogP contribution in [0, 0.1) is 11.8 Å². The molecular formula is C7H8S. The minimum Gasteiger partial charge on any atom is -0.160 e. The van der Waals surface area contributed by atoms with E-state index in [0.29, 0.717) is 0 Å². The van der Waals surface area contributed by atoms with E-state index in [2.05, 4.69) is 22.9 Å². The first-order valence-corrected chi connectivity index (χ1v) is 3.90. The Morgan fingerprint density at radius 2 is 1.75 bits per heavy atom. The lowest BCUT2D eigenvalue weighted by Crippen LogP contribution is -2.01. The van der Waals surface area contributed by atoms with Gasteiger partial charge in [-0.3, -0.25) is 0 Å². The van der Waals surface area contributed by atoms with Gasteiger partial charge in [0.2, 0.25) is 0 Å². The van der Waals surface area contributed by atoms with Gasteiger partial charge in [-0.2, -0.15) is 10.9 Å². The molecule has 0 spiro atoms. The van der Waals surface area contributed by atoms with Gasteiger partial charge in [0, 0.05) is 11.8 Å². The van der Waals surface area contributed by atoms with E-state index < -0.39 is 0 Å². The molecule has 0 amide bonds. The number of allylic oxidation sites excluding steroid dienone is 2. The highest BCUT2D eigenvalue weighted by atomic mass is 32.1. The van der Waals surface area contributed by atoms with E-state index in [1.165, 1.54) is 6.42 Å². The molecule has 1 aliphatic carbocycles. The summed E-state index contributed by atoms with van der Waals surface area (Å²) in [6.45, 7) is 0. The third-order valence-electron chi connectivity index (χ3n) is 1.66. The van der Waals surface area contributed by atoms with Gasteiger partial charge in [-0.05, 0) is 17.2 Å². The fourth-order valence-electron chi connectivity index (χ4n) is 1.21. The average molecular weight is 124 g/mol. The topological polar surface area (TPSA) is 0 Å². The summed E-state index contributed by atoms with van der Waals surface area (Å²) in [6.07, 6.45) is 5.95. The summed E-state index contributed by atoms with van der Waals surface area (Å²) in [4.78, 5) is 0. The van der Waals surface area contributed by atoms with E-state index >= 15 is 0 Å². The molecule has 0 aromatic heterocycles. The summed E-state index contributed by atoms with van der Waals surface area (Å²) in [5.74, 6) is 1.57. The monoisotopic (exact) mass is 124 g/mol. The Hall–Kier alpha value is -0.300. The molecule has 2 unspecified atom stereocenters. The Labute approximate surface area is 52.8 Å². The van der Waals surface area contributed by atoms with Crippen molar-refractivity contribution in [3.8, 4) is 0 Å². The Balaban J connectivity index is 2.44. The van der Waals surface area contributed by atoms with E-state index in [0.717, 1.165) is 11.8 Å². The fraction of sp³-hybridized carbons (Fsp3) is 0.429. The number of hydrogen-bond donors (Lipinski definition) is 0. The Kier molecular flexibility index (Phi) is 0.908. The van der Waals surface area contributed by atoms with Crippen molar-refractivity contribution in [3.63, 3.8) is 0 Å². The summed E-state index contributed by atoms with van der Waals surface area (Å²) in [5.41, 5.74) is 0. The highest BCUT2D eigenvalue weighted by Gasteiger charge is 2.16. The largest absolute Gasteiger partial charge is 0.160 e. The first kappa shape index (κ1) is 4.57. The van der Waals surface area contributed by atoms with Crippen LogP contribution in [0.1, 0.15) is 6.42 Å². The van der Waals surface area contributed by atoms with Crippen LogP contribution in [0.4, 0.5) is 0 Å². The predicted molar refractivity (Wildman–Crippen MR) is 40.5 cm³/mol. The molecule has 0 saturated heterocycles. The van der Waals surface area contributed by atoms with Crippen molar-refractivity contribution in [1.29, 1.82) is 0 Å². The van der Waals surface area contributed by atoms with E-state index in [-0.39, 0.29) is 0 Å². The highest BCUT2D eigenvalue weighted by Crippen LogP contribution is 2.23. The van der Waals surface area contributed by atoms with Gasteiger partial charge in [0.15, 0.2) is 0 Å². The van der Waals surface area contributed by atoms with Crippen LogP contribution in [0.3, 0.4) is 0 Å². The van der Waals surface area contributed by atoms with Crippen molar-refractivity contribution in [2.45, 2.75) is 6.42 Å². The van der Waals surface area contributed by atoms with Crippen molar-refractivity contribution < 1.29 is 0 Å². The van der Waals surface area contributed by atoms with Crippen LogP contribution >= 0.6 is 10.9 Å². The molecule has 1 heterocycles. The van der Waals surface area contributed by atoms with Gasteiger partial charge in [-0.1, -0.05) is 12.2 Å². The lowest BCUT2D eigenvalue weighted by Gasteiger charge is -2.04. The first-order valence-electron chi connectivity index (χ1n) is 2.95. The van der Waals surface area contributed by atoms with Crippen molar-refractivity contribution in [2.24, 2.45) is 11.8 Å². The maximum Gasteiger partial charge on any atom is 0.00521 e. The zero-order valence-electron chi connectivity index (χ0n) is 4.58. The summed E-state index contributed by atoms with van der Waals surface area (Å²) in [7, 11) is 1.86. The molecule has 1 heteroatoms. The molecule has 0 radical (unpaired) electrons. The van der Waals surface area contributed by atoms with Gasteiger partial charge < -0.3 is 0 Å². The van der Waals surface area contributed by atoms with Gasteiger partial charge in [0.05, 0.1) is 0 Å². The molecule has 2 bridgehead atoms. The van der Waals surface area contributed by atoms with E-state index in [9.17, 15) is 0 Å². The molecule has 0 N–H and O–H groups in total. The van der Waals surface area contributed by atoms with Crippen molar-refractivity contribution >= 4 is 21.7 Å². The third kappa shape index (κ3) is 0.583. The first-order chi connectivity index (χ1) is 3.95. The third-order valence-corrected chi connectivity index (χ3v) is 2.67. The van der Waals surface area contributed by atoms with Crippen LogP contribution in [-0.2, 0) is 0 Å². The average Bonchev–Trinajstić information content (AvgIpc) is 2.12. The Bertz CT molecular complexity index is 169. The molecule has 0 fully saturated rings. The van der Waals surface area contributed by atoms with Crippen LogP contribution in [0.25, 0.3) is 0 Å². The molecule has 0 saturated carbocycles. The van der Waals surface area contributed by atoms with Crippen molar-refractivity contribution in [1.82, 2.24) is 0 Å². The Morgan fingerprint density at radius 1 is 1.12 bits per heavy atom. The lowest BCUT2D eigenvalue weighted by molar-refractivity contribution is 0.757. The second-order valence-corrected chi connectivity index (χ2v) is 3.17. The molecular weight excluding hydrogens is 116 g/mol. The standard InChI is InChI=1S/C7H8S/c1-2-7-3-6(1)4-8-5-7/h1-2,4-7H,3H2. The van der Waals surface area contributed by atoms with Gasteiger partial charge in [0.1, 0.15) is 0 Å². The van der Waals surface area contributed by atoms with Crippen molar-refractivity contribution in [3.05, 3.63) is 12.2 Å². The van der Waals surface area contributed by atoms with Crippen LogP contribution in [-0.4, -0.2) is 10.7 Å². The molecule has 2 rings (SSSR count). The maximum absolute atomic E-state index is 2.31. The summed E-state index contributed by atoms with van der Waals surface area (Å²) in [6, 6.07) is 0. The molecule has 0 nitrogen and oxygen atoms in total. The molecule has 2 atom stereocenters. The number of fused-ring (bicyclic) bond motifs is 2. The molecule has 0 aromatic carbocycles. The van der Waals surface area contributed by atoms with E-state index in [4.69, 9.17) is 0 Å². The second kappa shape index (κ2) is 1.59. The lowest BCUT2D eigenvalue weighted by atomic mass is 10.1. The van der Waals surface area contributed by atoms with Gasteiger partial charge in [-0.15, -0.1) is 0 Å². The minimum absolute atomic E-state index is 0.787. The maximum atomic E-state index is 2.31.